The molecule has 1 aliphatic carbocycles. The number of hydrogen-bond donors (Lipinski definition) is 0. The number of benzene rings is 3. The summed E-state index contributed by atoms with van der Waals surface area (Å²) in [5.74, 6) is -4.21. The van der Waals surface area contributed by atoms with Gasteiger partial charge < -0.3 is 4.74 Å². The van der Waals surface area contributed by atoms with Crippen molar-refractivity contribution >= 4 is 46.0 Å². The van der Waals surface area contributed by atoms with Gasteiger partial charge in [-0.2, -0.15) is 0 Å². The molecule has 2 amide bonds. The molecular formula is C27H18INO5. The lowest BCUT2D eigenvalue weighted by Crippen LogP contribution is -2.50. The van der Waals surface area contributed by atoms with Crippen LogP contribution in [0.3, 0.4) is 0 Å². The van der Waals surface area contributed by atoms with E-state index in [9.17, 15) is 19.2 Å². The van der Waals surface area contributed by atoms with Crippen LogP contribution in [0.2, 0.25) is 0 Å². The topological polar surface area (TPSA) is 80.8 Å². The highest BCUT2D eigenvalue weighted by molar-refractivity contribution is 14.1. The van der Waals surface area contributed by atoms with Gasteiger partial charge in [0.15, 0.2) is 0 Å². The average Bonchev–Trinajstić information content (AvgIpc) is 3.41. The molecule has 0 unspecified atom stereocenters. The van der Waals surface area contributed by atoms with Gasteiger partial charge in [0, 0.05) is 14.7 Å². The summed E-state index contributed by atoms with van der Waals surface area (Å²) in [6.07, 6.45) is -0.888. The van der Waals surface area contributed by atoms with Crippen molar-refractivity contribution in [3.05, 3.63) is 105 Å². The fourth-order valence-corrected chi connectivity index (χ4v) is 5.81. The Kier molecular flexibility index (Phi) is 4.82. The molecule has 6 nitrogen and oxygen atoms in total. The Bertz CT molecular complexity index is 1330. The Balaban J connectivity index is 1.49. The number of ketones is 2. The van der Waals surface area contributed by atoms with E-state index in [1.54, 1.807) is 24.3 Å². The van der Waals surface area contributed by atoms with Crippen LogP contribution in [0.4, 0.5) is 0 Å². The molecule has 6 rings (SSSR count). The second kappa shape index (κ2) is 7.68. The number of imide groups is 1. The molecule has 3 aromatic rings. The summed E-state index contributed by atoms with van der Waals surface area (Å²) in [5.41, 5.74) is -0.114. The third-order valence-corrected chi connectivity index (χ3v) is 7.71. The molecule has 34 heavy (non-hydrogen) atoms. The van der Waals surface area contributed by atoms with Crippen molar-refractivity contribution in [3.8, 4) is 0 Å². The van der Waals surface area contributed by atoms with E-state index in [-0.39, 0.29) is 17.7 Å². The molecule has 1 spiro atoms. The standard InChI is InChI=1S/C27H18INO5/c28-17-12-10-16(11-13-17)22-20-21(26(33)29(25(20)32)14-15-6-2-1-3-7-15)27(34-22)23(30)18-8-4-5-9-19(18)24(27)31/h1-13,20-22H,14H2/t20-,21-,22+/m0/s1. The summed E-state index contributed by atoms with van der Waals surface area (Å²) in [5, 5.41) is 0. The summed E-state index contributed by atoms with van der Waals surface area (Å²) >= 11 is 2.17. The van der Waals surface area contributed by atoms with Crippen LogP contribution in [0, 0.1) is 15.4 Å². The monoisotopic (exact) mass is 563 g/mol. The predicted octanol–water partition coefficient (Wildman–Crippen LogP) is 3.98. The Morgan fingerprint density at radius 1 is 0.765 bits per heavy atom. The number of nitrogens with zero attached hydrogens (tertiary/aromatic N) is 1. The number of carbonyl (C=O) groups excluding carboxylic acids is 4. The lowest BCUT2D eigenvalue weighted by molar-refractivity contribution is -0.145. The van der Waals surface area contributed by atoms with Gasteiger partial charge in [-0.3, -0.25) is 24.1 Å². The third-order valence-electron chi connectivity index (χ3n) is 6.99. The maximum atomic E-state index is 13.8. The zero-order valence-corrected chi connectivity index (χ0v) is 20.0. The van der Waals surface area contributed by atoms with E-state index < -0.39 is 46.9 Å². The van der Waals surface area contributed by atoms with Gasteiger partial charge in [0.05, 0.1) is 24.5 Å². The van der Waals surface area contributed by atoms with E-state index in [0.29, 0.717) is 5.56 Å². The second-order valence-corrected chi connectivity index (χ2v) is 10.0. The predicted molar refractivity (Wildman–Crippen MR) is 130 cm³/mol. The van der Waals surface area contributed by atoms with E-state index in [1.165, 1.54) is 4.90 Å². The molecule has 3 atom stereocenters. The van der Waals surface area contributed by atoms with E-state index in [4.69, 9.17) is 4.74 Å². The Labute approximate surface area is 209 Å². The van der Waals surface area contributed by atoms with Gasteiger partial charge in [-0.25, -0.2) is 0 Å². The minimum Gasteiger partial charge on any atom is -0.349 e. The average molecular weight is 563 g/mol. The molecule has 2 saturated heterocycles. The lowest BCUT2D eigenvalue weighted by atomic mass is 9.77. The zero-order chi connectivity index (χ0) is 23.6. The molecule has 3 aromatic carbocycles. The zero-order valence-electron chi connectivity index (χ0n) is 17.8. The molecule has 168 valence electrons. The summed E-state index contributed by atoms with van der Waals surface area (Å²) < 4.78 is 7.27. The van der Waals surface area contributed by atoms with Gasteiger partial charge in [0.2, 0.25) is 29.0 Å². The number of halogens is 1. The first-order valence-corrected chi connectivity index (χ1v) is 12.0. The molecule has 2 heterocycles. The number of rotatable bonds is 3. The number of amides is 2. The van der Waals surface area contributed by atoms with E-state index in [1.807, 2.05) is 54.6 Å². The van der Waals surface area contributed by atoms with Crippen molar-refractivity contribution in [1.82, 2.24) is 4.90 Å². The SMILES string of the molecule is O=C1[C@@H]2[C@@H](c3ccc(I)cc3)OC3(C(=O)c4ccccc4C3=O)[C@@H]2C(=O)N1Cc1ccccc1. The van der Waals surface area contributed by atoms with Crippen molar-refractivity contribution in [1.29, 1.82) is 0 Å². The van der Waals surface area contributed by atoms with Crippen LogP contribution in [0.1, 0.15) is 37.9 Å². The highest BCUT2D eigenvalue weighted by Gasteiger charge is 2.74. The third kappa shape index (κ3) is 2.83. The minimum atomic E-state index is -2.03. The smallest absolute Gasteiger partial charge is 0.237 e. The maximum absolute atomic E-state index is 13.8. The van der Waals surface area contributed by atoms with Crippen LogP contribution in [0.25, 0.3) is 0 Å². The summed E-state index contributed by atoms with van der Waals surface area (Å²) in [6, 6.07) is 23.1. The largest absolute Gasteiger partial charge is 0.349 e. The first-order chi connectivity index (χ1) is 16.4. The highest BCUT2D eigenvalue weighted by Crippen LogP contribution is 2.57. The Morgan fingerprint density at radius 3 is 1.97 bits per heavy atom. The van der Waals surface area contributed by atoms with Gasteiger partial charge >= 0.3 is 0 Å². The van der Waals surface area contributed by atoms with Crippen LogP contribution in [-0.4, -0.2) is 33.9 Å². The summed E-state index contributed by atoms with van der Waals surface area (Å²) in [6.45, 7) is 0.0797. The number of Topliss-reactive ketones (excluding diaryl/α,β-unsaturated/α-hetero) is 2. The fourth-order valence-electron chi connectivity index (χ4n) is 5.45. The Morgan fingerprint density at radius 2 is 1.35 bits per heavy atom. The fraction of sp³-hybridized carbons (Fsp3) is 0.185. The number of hydrogen-bond acceptors (Lipinski definition) is 5. The van der Waals surface area contributed by atoms with Crippen LogP contribution in [-0.2, 0) is 20.9 Å². The summed E-state index contributed by atoms with van der Waals surface area (Å²) in [7, 11) is 0. The molecule has 0 saturated carbocycles. The van der Waals surface area contributed by atoms with Crippen molar-refractivity contribution < 1.29 is 23.9 Å². The Hall–Kier alpha value is -3.17. The molecule has 3 aliphatic rings. The normalized spacial score (nSPS) is 24.7. The van der Waals surface area contributed by atoms with Crippen molar-refractivity contribution in [2.75, 3.05) is 0 Å². The molecular weight excluding hydrogens is 545 g/mol. The lowest BCUT2D eigenvalue weighted by Gasteiger charge is -2.27. The first kappa shape index (κ1) is 21.4. The van der Waals surface area contributed by atoms with Crippen LogP contribution >= 0.6 is 22.6 Å². The highest BCUT2D eigenvalue weighted by atomic mass is 127. The first-order valence-electron chi connectivity index (χ1n) is 10.9. The van der Waals surface area contributed by atoms with Crippen LogP contribution in [0.15, 0.2) is 78.9 Å². The quantitative estimate of drug-likeness (QED) is 0.274. The number of carbonyl (C=O) groups is 4. The van der Waals surface area contributed by atoms with Crippen molar-refractivity contribution in [3.63, 3.8) is 0 Å². The van der Waals surface area contributed by atoms with Gasteiger partial charge in [0.1, 0.15) is 0 Å². The van der Waals surface area contributed by atoms with Gasteiger partial charge in [0.25, 0.3) is 0 Å². The van der Waals surface area contributed by atoms with Crippen LogP contribution < -0.4 is 0 Å². The molecule has 2 aliphatic heterocycles. The van der Waals surface area contributed by atoms with Gasteiger partial charge in [-0.15, -0.1) is 0 Å². The number of ether oxygens (including phenoxy) is 1. The molecule has 7 heteroatoms. The molecule has 0 bridgehead atoms. The van der Waals surface area contributed by atoms with E-state index in [2.05, 4.69) is 22.6 Å². The molecule has 0 N–H and O–H groups in total. The van der Waals surface area contributed by atoms with E-state index in [0.717, 1.165) is 9.13 Å². The van der Waals surface area contributed by atoms with Crippen molar-refractivity contribution in [2.24, 2.45) is 11.8 Å². The van der Waals surface area contributed by atoms with Gasteiger partial charge in [-0.1, -0.05) is 66.7 Å². The van der Waals surface area contributed by atoms with Crippen LogP contribution in [0.5, 0.6) is 0 Å². The minimum absolute atomic E-state index is 0.0797. The van der Waals surface area contributed by atoms with Gasteiger partial charge in [-0.05, 0) is 45.9 Å². The van der Waals surface area contributed by atoms with E-state index >= 15 is 0 Å². The van der Waals surface area contributed by atoms with Crippen molar-refractivity contribution in [2.45, 2.75) is 18.2 Å². The molecule has 2 fully saturated rings. The summed E-state index contributed by atoms with van der Waals surface area (Å²) in [4.78, 5) is 56.0. The molecule has 0 aromatic heterocycles. The number of likely N-dealkylation sites (tertiary alicyclic amines) is 1. The second-order valence-electron chi connectivity index (χ2n) is 8.78. The maximum Gasteiger partial charge on any atom is 0.237 e. The molecule has 0 radical (unpaired) electrons. The number of fused-ring (bicyclic) bond motifs is 3.